The normalized spacial score (nSPS) is 32.9. The van der Waals surface area contributed by atoms with Gasteiger partial charge in [-0.1, -0.05) is 13.3 Å². The molecule has 2 rings (SSSR count). The Balaban J connectivity index is 1.87. The first-order valence-electron chi connectivity index (χ1n) is 6.35. The van der Waals surface area contributed by atoms with E-state index in [4.69, 9.17) is 4.74 Å². The Bertz CT molecular complexity index is 243. The number of piperidine rings is 1. The first-order valence-corrected chi connectivity index (χ1v) is 6.35. The maximum atomic E-state index is 11.9. The second-order valence-corrected chi connectivity index (χ2v) is 4.89. The molecule has 0 spiro atoms. The van der Waals surface area contributed by atoms with Crippen LogP contribution in [0.5, 0.6) is 0 Å². The van der Waals surface area contributed by atoms with E-state index >= 15 is 0 Å². The number of ether oxygens (including phenoxy) is 1. The molecular formula is C12H21NO3. The van der Waals surface area contributed by atoms with Crippen molar-refractivity contribution in [1.82, 2.24) is 4.90 Å². The van der Waals surface area contributed by atoms with Crippen LogP contribution in [0.15, 0.2) is 0 Å². The number of aliphatic hydroxyl groups is 1. The van der Waals surface area contributed by atoms with E-state index in [1.807, 2.05) is 4.90 Å². The van der Waals surface area contributed by atoms with Crippen molar-refractivity contribution >= 4 is 6.09 Å². The predicted molar refractivity (Wildman–Crippen MR) is 60.1 cm³/mol. The minimum Gasteiger partial charge on any atom is -0.449 e. The number of amides is 1. The summed E-state index contributed by atoms with van der Waals surface area (Å²) in [4.78, 5) is 13.7. The molecule has 1 N–H and O–H groups in total. The van der Waals surface area contributed by atoms with E-state index in [1.165, 1.54) is 0 Å². The molecule has 4 nitrogen and oxygen atoms in total. The van der Waals surface area contributed by atoms with Crippen molar-refractivity contribution < 1.29 is 14.6 Å². The zero-order valence-electron chi connectivity index (χ0n) is 9.89. The van der Waals surface area contributed by atoms with E-state index in [0.717, 1.165) is 38.5 Å². The summed E-state index contributed by atoms with van der Waals surface area (Å²) in [7, 11) is 0. The van der Waals surface area contributed by atoms with Crippen molar-refractivity contribution in [2.24, 2.45) is 0 Å². The van der Waals surface area contributed by atoms with Gasteiger partial charge in [0.25, 0.3) is 0 Å². The monoisotopic (exact) mass is 227 g/mol. The van der Waals surface area contributed by atoms with Crippen molar-refractivity contribution in [3.63, 3.8) is 0 Å². The van der Waals surface area contributed by atoms with Gasteiger partial charge in [-0.05, 0) is 32.1 Å². The molecule has 0 aromatic rings. The van der Waals surface area contributed by atoms with E-state index in [0.29, 0.717) is 6.61 Å². The number of unbranched alkanes of at least 4 members (excludes halogenated alkanes) is 1. The van der Waals surface area contributed by atoms with Crippen molar-refractivity contribution in [3.05, 3.63) is 0 Å². The lowest BCUT2D eigenvalue weighted by atomic mass is 10.0. The molecule has 2 unspecified atom stereocenters. The average Bonchev–Trinajstić information content (AvgIpc) is 2.52. The van der Waals surface area contributed by atoms with E-state index in [1.54, 1.807) is 0 Å². The zero-order chi connectivity index (χ0) is 11.5. The van der Waals surface area contributed by atoms with E-state index < -0.39 is 0 Å². The molecule has 2 aliphatic rings. The highest BCUT2D eigenvalue weighted by atomic mass is 16.6. The average molecular weight is 227 g/mol. The third-order valence-corrected chi connectivity index (χ3v) is 3.64. The smallest absolute Gasteiger partial charge is 0.410 e. The van der Waals surface area contributed by atoms with Crippen molar-refractivity contribution in [1.29, 1.82) is 0 Å². The molecule has 1 amide bonds. The molecule has 2 fully saturated rings. The van der Waals surface area contributed by atoms with Gasteiger partial charge in [0.15, 0.2) is 0 Å². The molecule has 0 saturated carbocycles. The largest absolute Gasteiger partial charge is 0.449 e. The minimum atomic E-state index is -0.225. The summed E-state index contributed by atoms with van der Waals surface area (Å²) in [6, 6.07) is 0.422. The lowest BCUT2D eigenvalue weighted by Crippen LogP contribution is -2.48. The SMILES string of the molecule is CCCCOC(=O)N1C2CCC1CC(O)C2. The van der Waals surface area contributed by atoms with Crippen LogP contribution in [0.25, 0.3) is 0 Å². The highest BCUT2D eigenvalue weighted by Gasteiger charge is 2.43. The quantitative estimate of drug-likeness (QED) is 0.749. The maximum absolute atomic E-state index is 11.9. The second kappa shape index (κ2) is 5.04. The Morgan fingerprint density at radius 2 is 2.00 bits per heavy atom. The number of carbonyl (C=O) groups is 1. The standard InChI is InChI=1S/C12H21NO3/c1-2-3-6-16-12(15)13-9-4-5-10(13)8-11(14)7-9/h9-11,14H,2-8H2,1H3. The number of rotatable bonds is 3. The van der Waals surface area contributed by atoms with Crippen LogP contribution in [0.1, 0.15) is 45.4 Å². The van der Waals surface area contributed by atoms with Crippen LogP contribution in [-0.2, 0) is 4.74 Å². The van der Waals surface area contributed by atoms with Crippen LogP contribution in [-0.4, -0.2) is 40.9 Å². The van der Waals surface area contributed by atoms with E-state index in [-0.39, 0.29) is 24.3 Å². The molecule has 0 radical (unpaired) electrons. The first-order chi connectivity index (χ1) is 7.72. The molecule has 2 aliphatic heterocycles. The fourth-order valence-electron chi connectivity index (χ4n) is 2.82. The van der Waals surface area contributed by atoms with Gasteiger partial charge in [0.2, 0.25) is 0 Å². The molecule has 92 valence electrons. The summed E-state index contributed by atoms with van der Waals surface area (Å²) in [6.07, 6.45) is 5.05. The van der Waals surface area contributed by atoms with Crippen LogP contribution >= 0.6 is 0 Å². The van der Waals surface area contributed by atoms with Gasteiger partial charge in [-0.25, -0.2) is 4.79 Å². The fourth-order valence-corrected chi connectivity index (χ4v) is 2.82. The van der Waals surface area contributed by atoms with Crippen LogP contribution in [0.3, 0.4) is 0 Å². The van der Waals surface area contributed by atoms with E-state index in [9.17, 15) is 9.90 Å². The van der Waals surface area contributed by atoms with E-state index in [2.05, 4.69) is 6.92 Å². The topological polar surface area (TPSA) is 49.8 Å². The number of fused-ring (bicyclic) bond motifs is 2. The summed E-state index contributed by atoms with van der Waals surface area (Å²) in [5, 5.41) is 9.62. The van der Waals surface area contributed by atoms with Crippen LogP contribution in [0.2, 0.25) is 0 Å². The van der Waals surface area contributed by atoms with Gasteiger partial charge in [-0.15, -0.1) is 0 Å². The molecule has 0 aromatic carbocycles. The number of carbonyl (C=O) groups excluding carboxylic acids is 1. The third-order valence-electron chi connectivity index (χ3n) is 3.64. The number of hydrogen-bond acceptors (Lipinski definition) is 3. The van der Waals surface area contributed by atoms with Crippen LogP contribution < -0.4 is 0 Å². The van der Waals surface area contributed by atoms with Gasteiger partial charge >= 0.3 is 6.09 Å². The Morgan fingerprint density at radius 3 is 2.56 bits per heavy atom. The van der Waals surface area contributed by atoms with Gasteiger partial charge in [-0.3, -0.25) is 0 Å². The Hall–Kier alpha value is -0.770. The summed E-state index contributed by atoms with van der Waals surface area (Å²) in [5.74, 6) is 0. The van der Waals surface area contributed by atoms with Crippen molar-refractivity contribution in [3.8, 4) is 0 Å². The van der Waals surface area contributed by atoms with Gasteiger partial charge in [0.05, 0.1) is 12.7 Å². The zero-order valence-corrected chi connectivity index (χ0v) is 9.89. The summed E-state index contributed by atoms with van der Waals surface area (Å²) < 4.78 is 5.24. The van der Waals surface area contributed by atoms with Crippen LogP contribution in [0, 0.1) is 0 Å². The Morgan fingerprint density at radius 1 is 1.38 bits per heavy atom. The lowest BCUT2D eigenvalue weighted by molar-refractivity contribution is 0.0243. The number of nitrogens with zero attached hydrogens (tertiary/aromatic N) is 1. The molecular weight excluding hydrogens is 206 g/mol. The molecule has 4 heteroatoms. The second-order valence-electron chi connectivity index (χ2n) is 4.89. The molecule has 2 heterocycles. The van der Waals surface area contributed by atoms with Crippen molar-refractivity contribution in [2.75, 3.05) is 6.61 Å². The van der Waals surface area contributed by atoms with Crippen molar-refractivity contribution in [2.45, 2.75) is 63.6 Å². The molecule has 0 aromatic heterocycles. The van der Waals surface area contributed by atoms with Crippen LogP contribution in [0.4, 0.5) is 4.79 Å². The Labute approximate surface area is 96.6 Å². The molecule has 16 heavy (non-hydrogen) atoms. The van der Waals surface area contributed by atoms with Gasteiger partial charge in [-0.2, -0.15) is 0 Å². The highest BCUT2D eigenvalue weighted by molar-refractivity contribution is 5.69. The highest BCUT2D eigenvalue weighted by Crippen LogP contribution is 2.36. The summed E-state index contributed by atoms with van der Waals surface area (Å²) in [5.41, 5.74) is 0. The third kappa shape index (κ3) is 2.32. The summed E-state index contributed by atoms with van der Waals surface area (Å²) in [6.45, 7) is 2.60. The first kappa shape index (κ1) is 11.7. The Kier molecular flexibility index (Phi) is 3.69. The fraction of sp³-hybridized carbons (Fsp3) is 0.917. The van der Waals surface area contributed by atoms with Gasteiger partial charge < -0.3 is 14.7 Å². The predicted octanol–water partition coefficient (Wildman–Crippen LogP) is 1.91. The number of hydrogen-bond donors (Lipinski definition) is 1. The molecule has 2 bridgehead atoms. The minimum absolute atomic E-state index is 0.173. The summed E-state index contributed by atoms with van der Waals surface area (Å²) >= 11 is 0. The maximum Gasteiger partial charge on any atom is 0.410 e. The molecule has 2 saturated heterocycles. The lowest BCUT2D eigenvalue weighted by Gasteiger charge is -2.36. The van der Waals surface area contributed by atoms with Gasteiger partial charge in [0.1, 0.15) is 0 Å². The number of aliphatic hydroxyl groups excluding tert-OH is 1. The molecule has 2 atom stereocenters. The van der Waals surface area contributed by atoms with Gasteiger partial charge in [0, 0.05) is 12.1 Å². The molecule has 0 aliphatic carbocycles.